The Morgan fingerprint density at radius 2 is 2.17 bits per heavy atom. The summed E-state index contributed by atoms with van der Waals surface area (Å²) in [5.41, 5.74) is -0.525. The number of Topliss-reactive ketones (excluding diaryl/α,β-unsaturated/α-hetero) is 1. The van der Waals surface area contributed by atoms with Gasteiger partial charge in [0.05, 0.1) is 18.6 Å². The lowest BCUT2D eigenvalue weighted by Gasteiger charge is -2.20. The molecule has 5 nitrogen and oxygen atoms in total. The van der Waals surface area contributed by atoms with E-state index in [2.05, 4.69) is 11.2 Å². The van der Waals surface area contributed by atoms with Gasteiger partial charge in [-0.2, -0.15) is 0 Å². The van der Waals surface area contributed by atoms with Gasteiger partial charge in [-0.15, -0.1) is 6.42 Å². The monoisotopic (exact) mass is 253 g/mol. The molecule has 1 saturated heterocycles. The van der Waals surface area contributed by atoms with Crippen LogP contribution < -0.4 is 5.32 Å². The van der Waals surface area contributed by atoms with Crippen molar-refractivity contribution >= 4 is 11.9 Å². The van der Waals surface area contributed by atoms with Crippen LogP contribution >= 0.6 is 0 Å². The van der Waals surface area contributed by atoms with E-state index >= 15 is 0 Å². The average molecular weight is 253 g/mol. The maximum Gasteiger partial charge on any atom is 0.407 e. The zero-order valence-corrected chi connectivity index (χ0v) is 11.0. The molecule has 0 bridgehead atoms. The first kappa shape index (κ1) is 14.5. The van der Waals surface area contributed by atoms with Crippen molar-refractivity contribution in [3.8, 4) is 12.3 Å². The number of alkyl carbamates (subject to hydrolysis) is 1. The van der Waals surface area contributed by atoms with Gasteiger partial charge < -0.3 is 14.8 Å². The first-order valence-electron chi connectivity index (χ1n) is 5.90. The number of ether oxygens (including phenoxy) is 2. The molecule has 1 fully saturated rings. The highest BCUT2D eigenvalue weighted by atomic mass is 16.6. The van der Waals surface area contributed by atoms with Gasteiger partial charge in [0.1, 0.15) is 5.60 Å². The first-order chi connectivity index (χ1) is 8.31. The molecule has 0 unspecified atom stereocenters. The topological polar surface area (TPSA) is 64.6 Å². The molecule has 0 saturated carbocycles. The SMILES string of the molecule is C#CC(=O)[C@@H]1CO[C@H](CNC(=O)OC(C)(C)C)C1. The normalized spacial score (nSPS) is 23.2. The fraction of sp³-hybridized carbons (Fsp3) is 0.692. The van der Waals surface area contributed by atoms with Crippen LogP contribution in [0.1, 0.15) is 27.2 Å². The Morgan fingerprint density at radius 3 is 2.72 bits per heavy atom. The molecular formula is C13H19NO4. The van der Waals surface area contributed by atoms with E-state index in [1.165, 1.54) is 0 Å². The Morgan fingerprint density at radius 1 is 1.50 bits per heavy atom. The third-order valence-corrected chi connectivity index (χ3v) is 2.47. The van der Waals surface area contributed by atoms with Crippen LogP contribution in [0.25, 0.3) is 0 Å². The van der Waals surface area contributed by atoms with Crippen molar-refractivity contribution in [1.29, 1.82) is 0 Å². The fourth-order valence-electron chi connectivity index (χ4n) is 1.66. The zero-order valence-electron chi connectivity index (χ0n) is 11.0. The highest BCUT2D eigenvalue weighted by Crippen LogP contribution is 2.19. The zero-order chi connectivity index (χ0) is 13.8. The number of carbonyl (C=O) groups is 2. The lowest BCUT2D eigenvalue weighted by molar-refractivity contribution is -0.117. The van der Waals surface area contributed by atoms with Crippen LogP contribution in [0.2, 0.25) is 0 Å². The van der Waals surface area contributed by atoms with Crippen molar-refractivity contribution in [3.05, 3.63) is 0 Å². The number of terminal acetylenes is 1. The van der Waals surface area contributed by atoms with Crippen molar-refractivity contribution in [1.82, 2.24) is 5.32 Å². The van der Waals surface area contributed by atoms with E-state index in [1.54, 1.807) is 20.8 Å². The van der Waals surface area contributed by atoms with Crippen LogP contribution in [-0.4, -0.2) is 36.7 Å². The third kappa shape index (κ3) is 4.76. The molecule has 0 aromatic carbocycles. The van der Waals surface area contributed by atoms with Gasteiger partial charge in [0.15, 0.2) is 0 Å². The van der Waals surface area contributed by atoms with Gasteiger partial charge in [0.25, 0.3) is 0 Å². The molecule has 0 aromatic rings. The Kier molecular flexibility index (Phi) is 4.74. The lowest BCUT2D eigenvalue weighted by atomic mass is 10.0. The number of nitrogens with one attached hydrogen (secondary N) is 1. The summed E-state index contributed by atoms with van der Waals surface area (Å²) in [5, 5.41) is 2.61. The molecule has 0 radical (unpaired) electrons. The Hall–Kier alpha value is -1.54. The van der Waals surface area contributed by atoms with Crippen molar-refractivity contribution < 1.29 is 19.1 Å². The summed E-state index contributed by atoms with van der Waals surface area (Å²) in [4.78, 5) is 22.7. The number of ketones is 1. The van der Waals surface area contributed by atoms with E-state index in [9.17, 15) is 9.59 Å². The van der Waals surface area contributed by atoms with Gasteiger partial charge in [-0.05, 0) is 33.1 Å². The highest BCUT2D eigenvalue weighted by molar-refractivity contribution is 5.97. The maximum atomic E-state index is 11.4. The maximum absolute atomic E-state index is 11.4. The van der Waals surface area contributed by atoms with Gasteiger partial charge in [-0.3, -0.25) is 4.79 Å². The largest absolute Gasteiger partial charge is 0.444 e. The lowest BCUT2D eigenvalue weighted by Crippen LogP contribution is -2.36. The average Bonchev–Trinajstić information content (AvgIpc) is 2.71. The van der Waals surface area contributed by atoms with Crippen molar-refractivity contribution in [3.63, 3.8) is 0 Å². The number of amides is 1. The van der Waals surface area contributed by atoms with Crippen LogP contribution in [0, 0.1) is 18.3 Å². The van der Waals surface area contributed by atoms with Crippen molar-refractivity contribution in [2.75, 3.05) is 13.2 Å². The number of carbonyl (C=O) groups excluding carboxylic acids is 2. The molecule has 100 valence electrons. The molecule has 2 atom stereocenters. The van der Waals surface area contributed by atoms with E-state index in [0.29, 0.717) is 19.6 Å². The molecule has 1 amide bonds. The van der Waals surface area contributed by atoms with Gasteiger partial charge in [0, 0.05) is 6.54 Å². The summed E-state index contributed by atoms with van der Waals surface area (Å²) in [7, 11) is 0. The predicted molar refractivity (Wildman–Crippen MR) is 65.9 cm³/mol. The molecule has 1 heterocycles. The van der Waals surface area contributed by atoms with Crippen LogP contribution in [0.5, 0.6) is 0 Å². The molecule has 1 aliphatic rings. The molecule has 1 rings (SSSR count). The Bertz CT molecular complexity index is 364. The molecule has 0 aliphatic carbocycles. The number of hydrogen-bond donors (Lipinski definition) is 1. The van der Waals surface area contributed by atoms with Crippen LogP contribution in [0.4, 0.5) is 4.79 Å². The molecule has 18 heavy (non-hydrogen) atoms. The summed E-state index contributed by atoms with van der Waals surface area (Å²) in [6, 6.07) is 0. The molecule has 0 aromatic heterocycles. The minimum Gasteiger partial charge on any atom is -0.444 e. The molecular weight excluding hydrogens is 234 g/mol. The van der Waals surface area contributed by atoms with Gasteiger partial charge in [0.2, 0.25) is 5.78 Å². The van der Waals surface area contributed by atoms with Crippen LogP contribution in [-0.2, 0) is 14.3 Å². The first-order valence-corrected chi connectivity index (χ1v) is 5.90. The second kappa shape index (κ2) is 5.87. The molecule has 5 heteroatoms. The predicted octanol–water partition coefficient (Wildman–Crippen LogP) is 1.12. The second-order valence-electron chi connectivity index (χ2n) is 5.28. The molecule has 1 N–H and O–H groups in total. The van der Waals surface area contributed by atoms with E-state index in [4.69, 9.17) is 15.9 Å². The standard InChI is InChI=1S/C13H19NO4/c1-5-11(15)9-6-10(17-8-9)7-14-12(16)18-13(2,3)4/h1,9-10H,6-8H2,2-4H3,(H,14,16)/t9-,10-/m0/s1. The van der Waals surface area contributed by atoms with Crippen molar-refractivity contribution in [2.24, 2.45) is 5.92 Å². The van der Waals surface area contributed by atoms with Gasteiger partial charge in [-0.25, -0.2) is 4.79 Å². The Balaban J connectivity index is 2.28. The minimum absolute atomic E-state index is 0.181. The highest BCUT2D eigenvalue weighted by Gasteiger charge is 2.30. The summed E-state index contributed by atoms with van der Waals surface area (Å²) in [6.45, 7) is 6.02. The molecule has 0 spiro atoms. The van der Waals surface area contributed by atoms with Crippen LogP contribution in [0.3, 0.4) is 0 Å². The number of hydrogen-bond acceptors (Lipinski definition) is 4. The van der Waals surface area contributed by atoms with E-state index < -0.39 is 11.7 Å². The Labute approximate surface area is 107 Å². The fourth-order valence-corrected chi connectivity index (χ4v) is 1.66. The van der Waals surface area contributed by atoms with Crippen molar-refractivity contribution in [2.45, 2.75) is 38.9 Å². The van der Waals surface area contributed by atoms with E-state index in [1.807, 2.05) is 0 Å². The summed E-state index contributed by atoms with van der Waals surface area (Å²) >= 11 is 0. The van der Waals surface area contributed by atoms with Crippen LogP contribution in [0.15, 0.2) is 0 Å². The van der Waals surface area contributed by atoms with E-state index in [-0.39, 0.29) is 17.8 Å². The summed E-state index contributed by atoms with van der Waals surface area (Å²) in [5.74, 6) is 1.60. The van der Waals surface area contributed by atoms with Gasteiger partial charge in [-0.1, -0.05) is 0 Å². The van der Waals surface area contributed by atoms with Gasteiger partial charge >= 0.3 is 6.09 Å². The van der Waals surface area contributed by atoms with E-state index in [0.717, 1.165) is 0 Å². The quantitative estimate of drug-likeness (QED) is 0.604. The number of rotatable bonds is 3. The summed E-state index contributed by atoms with van der Waals surface area (Å²) < 4.78 is 10.5. The molecule has 1 aliphatic heterocycles. The summed E-state index contributed by atoms with van der Waals surface area (Å²) in [6.07, 6.45) is 4.92. The smallest absolute Gasteiger partial charge is 0.407 e. The second-order valence-corrected chi connectivity index (χ2v) is 5.28. The minimum atomic E-state index is -0.525. The third-order valence-electron chi connectivity index (χ3n) is 2.47.